The summed E-state index contributed by atoms with van der Waals surface area (Å²) in [4.78, 5) is 2.62. The van der Waals surface area contributed by atoms with Crippen molar-refractivity contribution >= 4 is 0 Å². The highest BCUT2D eigenvalue weighted by Gasteiger charge is 1.94. The van der Waals surface area contributed by atoms with Gasteiger partial charge in [-0.2, -0.15) is 0 Å². The molecule has 0 fully saturated rings. The highest BCUT2D eigenvalue weighted by molar-refractivity contribution is 4.44. The lowest BCUT2D eigenvalue weighted by molar-refractivity contribution is -0.0168. The number of aliphatic hydroxyl groups excluding tert-OH is 1. The van der Waals surface area contributed by atoms with E-state index in [1.54, 1.807) is 0 Å². The lowest BCUT2D eigenvalue weighted by atomic mass is 10.5. The normalized spacial score (nSPS) is 10.8. The van der Waals surface area contributed by atoms with E-state index in [1.807, 2.05) is 0 Å². The molecule has 0 aromatic rings. The average molecular weight is 365 g/mol. The van der Waals surface area contributed by atoms with Gasteiger partial charge in [0.1, 0.15) is 0 Å². The van der Waals surface area contributed by atoms with Gasteiger partial charge < -0.3 is 33.5 Å². The number of aliphatic hydroxyl groups is 1. The van der Waals surface area contributed by atoms with Crippen molar-refractivity contribution in [2.45, 2.75) is 6.42 Å². The molecule has 10 nitrogen and oxygen atoms in total. The van der Waals surface area contributed by atoms with Gasteiger partial charge in [0.05, 0.1) is 72.7 Å². The molecule has 25 heavy (non-hydrogen) atoms. The Labute approximate surface area is 148 Å². The summed E-state index contributed by atoms with van der Waals surface area (Å²) in [6, 6.07) is 0. The topological polar surface area (TPSA) is 124 Å². The first-order valence-corrected chi connectivity index (χ1v) is 8.50. The van der Waals surface area contributed by atoms with Crippen LogP contribution >= 0.6 is 0 Å². The van der Waals surface area contributed by atoms with Crippen molar-refractivity contribution in [1.29, 1.82) is 0 Å². The first-order chi connectivity index (χ1) is 12.4. The molecule has 0 amide bonds. The van der Waals surface area contributed by atoms with Gasteiger partial charge in [-0.15, -0.1) is 0 Å². The molecule has 0 bridgehead atoms. The first kappa shape index (κ1) is 24.0. The zero-order valence-electron chi connectivity index (χ0n) is 14.8. The van der Waals surface area contributed by atoms with Gasteiger partial charge >= 0.3 is 0 Å². The van der Waals surface area contributed by atoms with Crippen molar-refractivity contribution in [3.63, 3.8) is 0 Å². The van der Waals surface area contributed by atoms with Crippen molar-refractivity contribution in [2.75, 3.05) is 92.4 Å². The largest absolute Gasteiger partial charge is 0.396 e. The summed E-state index contributed by atoms with van der Waals surface area (Å²) in [6.45, 7) is 6.52. The third kappa shape index (κ3) is 23.0. The van der Waals surface area contributed by atoms with E-state index in [2.05, 4.69) is 10.0 Å². The van der Waals surface area contributed by atoms with Crippen molar-refractivity contribution in [3.8, 4) is 0 Å². The molecule has 10 heteroatoms. The number of ether oxygens (including phenoxy) is 6. The molecule has 0 radical (unpaired) electrons. The quantitative estimate of drug-likeness (QED) is 0.138. The van der Waals surface area contributed by atoms with Crippen LogP contribution < -0.4 is 0 Å². The maximum Gasteiger partial charge on any atom is 0.0701 e. The summed E-state index contributed by atoms with van der Waals surface area (Å²) in [5.41, 5.74) is 8.06. The van der Waals surface area contributed by atoms with Crippen molar-refractivity contribution < 1.29 is 33.5 Å². The fraction of sp³-hybridized carbons (Fsp3) is 1.00. The van der Waals surface area contributed by atoms with Gasteiger partial charge in [0, 0.05) is 24.7 Å². The maximum atomic E-state index is 8.56. The minimum Gasteiger partial charge on any atom is -0.396 e. The molecule has 0 spiro atoms. The number of hydrogen-bond acceptors (Lipinski definition) is 8. The molecule has 0 aliphatic heterocycles. The Morgan fingerprint density at radius 1 is 0.600 bits per heavy atom. The van der Waals surface area contributed by atoms with Crippen LogP contribution in [0.25, 0.3) is 10.4 Å². The summed E-state index contributed by atoms with van der Waals surface area (Å²) < 4.78 is 31.7. The summed E-state index contributed by atoms with van der Waals surface area (Å²) in [6.07, 6.45) is 0.654. The van der Waals surface area contributed by atoms with Crippen molar-refractivity contribution in [2.24, 2.45) is 5.11 Å². The maximum absolute atomic E-state index is 8.56. The average Bonchev–Trinajstić information content (AvgIpc) is 2.63. The van der Waals surface area contributed by atoms with Crippen LogP contribution in [0, 0.1) is 0 Å². The van der Waals surface area contributed by atoms with Gasteiger partial charge in [0.25, 0.3) is 0 Å². The fourth-order valence-electron chi connectivity index (χ4n) is 1.52. The first-order valence-electron chi connectivity index (χ1n) is 8.50. The highest BCUT2D eigenvalue weighted by Crippen LogP contribution is 1.85. The van der Waals surface area contributed by atoms with Gasteiger partial charge in [-0.3, -0.25) is 0 Å². The number of rotatable bonds is 21. The summed E-state index contributed by atoms with van der Waals surface area (Å²) in [5.74, 6) is 0. The van der Waals surface area contributed by atoms with E-state index in [1.165, 1.54) is 0 Å². The predicted octanol–water partition coefficient (Wildman–Crippen LogP) is 0.779. The molecule has 0 aromatic heterocycles. The molecular formula is C15H31N3O7. The zero-order chi connectivity index (χ0) is 18.3. The molecule has 0 atom stereocenters. The molecule has 0 saturated carbocycles. The summed E-state index contributed by atoms with van der Waals surface area (Å²) in [7, 11) is 0. The second-order valence-electron chi connectivity index (χ2n) is 4.71. The Balaban J connectivity index is 2.97. The lowest BCUT2D eigenvalue weighted by Crippen LogP contribution is -2.14. The van der Waals surface area contributed by atoms with Gasteiger partial charge in [-0.1, -0.05) is 5.11 Å². The molecule has 0 rings (SSSR count). The van der Waals surface area contributed by atoms with Crippen LogP contribution in [0.15, 0.2) is 5.11 Å². The molecule has 0 saturated heterocycles. The molecular weight excluding hydrogens is 334 g/mol. The van der Waals surface area contributed by atoms with E-state index in [-0.39, 0.29) is 6.61 Å². The molecule has 0 unspecified atom stereocenters. The second kappa shape index (κ2) is 23.0. The Bertz CT molecular complexity index is 305. The Morgan fingerprint density at radius 2 is 0.960 bits per heavy atom. The van der Waals surface area contributed by atoms with Crippen LogP contribution in [0.1, 0.15) is 6.42 Å². The number of azide groups is 1. The SMILES string of the molecule is [N-]=[N+]=NCCOCCOCCOCCOCCOCCOCCCO. The number of nitrogens with zero attached hydrogens (tertiary/aromatic N) is 3. The van der Waals surface area contributed by atoms with E-state index in [9.17, 15) is 0 Å². The molecule has 148 valence electrons. The van der Waals surface area contributed by atoms with Gasteiger partial charge in [0.15, 0.2) is 0 Å². The summed E-state index contributed by atoms with van der Waals surface area (Å²) in [5, 5.41) is 11.9. The Hall–Kier alpha value is -0.970. The second-order valence-corrected chi connectivity index (χ2v) is 4.71. The number of hydrogen-bond donors (Lipinski definition) is 1. The predicted molar refractivity (Wildman–Crippen MR) is 90.6 cm³/mol. The lowest BCUT2D eigenvalue weighted by Gasteiger charge is -2.08. The monoisotopic (exact) mass is 365 g/mol. The van der Waals surface area contributed by atoms with Gasteiger partial charge in [-0.05, 0) is 12.0 Å². The van der Waals surface area contributed by atoms with E-state index >= 15 is 0 Å². The third-order valence-electron chi connectivity index (χ3n) is 2.71. The van der Waals surface area contributed by atoms with Crippen LogP contribution in [-0.4, -0.2) is 97.5 Å². The van der Waals surface area contributed by atoms with E-state index in [4.69, 9.17) is 39.1 Å². The molecule has 0 aliphatic rings. The van der Waals surface area contributed by atoms with Gasteiger partial charge in [-0.25, -0.2) is 0 Å². The van der Waals surface area contributed by atoms with E-state index in [0.29, 0.717) is 92.2 Å². The molecule has 1 N–H and O–H groups in total. The minimum atomic E-state index is 0.150. The van der Waals surface area contributed by atoms with E-state index < -0.39 is 0 Å². The highest BCUT2D eigenvalue weighted by atomic mass is 16.6. The van der Waals surface area contributed by atoms with Crippen LogP contribution in [0.3, 0.4) is 0 Å². The third-order valence-corrected chi connectivity index (χ3v) is 2.71. The summed E-state index contributed by atoms with van der Waals surface area (Å²) >= 11 is 0. The van der Waals surface area contributed by atoms with Crippen LogP contribution in [0.4, 0.5) is 0 Å². The van der Waals surface area contributed by atoms with E-state index in [0.717, 1.165) is 0 Å². The van der Waals surface area contributed by atoms with Crippen LogP contribution in [0.5, 0.6) is 0 Å². The van der Waals surface area contributed by atoms with Crippen LogP contribution in [-0.2, 0) is 28.4 Å². The van der Waals surface area contributed by atoms with Gasteiger partial charge in [0.2, 0.25) is 0 Å². The van der Waals surface area contributed by atoms with Crippen molar-refractivity contribution in [1.82, 2.24) is 0 Å². The Morgan fingerprint density at radius 3 is 1.32 bits per heavy atom. The molecule has 0 heterocycles. The van der Waals surface area contributed by atoms with Crippen LogP contribution in [0.2, 0.25) is 0 Å². The zero-order valence-corrected chi connectivity index (χ0v) is 14.8. The molecule has 0 aromatic carbocycles. The Kier molecular flexibility index (Phi) is 22.1. The molecule has 0 aliphatic carbocycles. The van der Waals surface area contributed by atoms with Crippen molar-refractivity contribution in [3.05, 3.63) is 10.4 Å². The standard InChI is InChI=1S/C15H31N3O7/c16-18-17-2-5-21-7-9-23-11-13-25-15-14-24-12-10-22-8-6-20-4-1-3-19/h19H,1-15H2. The minimum absolute atomic E-state index is 0.150. The smallest absolute Gasteiger partial charge is 0.0701 e. The fourth-order valence-corrected chi connectivity index (χ4v) is 1.52.